The van der Waals surface area contributed by atoms with Gasteiger partial charge in [-0.2, -0.15) is 0 Å². The molecule has 0 saturated carbocycles. The second kappa shape index (κ2) is 4.72. The van der Waals surface area contributed by atoms with Crippen molar-refractivity contribution in [2.75, 3.05) is 5.73 Å². The maximum absolute atomic E-state index is 12.3. The molecule has 2 N–H and O–H groups in total. The second-order valence-corrected chi connectivity index (χ2v) is 5.67. The number of fused-ring (bicyclic) bond motifs is 1. The van der Waals surface area contributed by atoms with Gasteiger partial charge in [0.1, 0.15) is 0 Å². The minimum absolute atomic E-state index is 0.00174. The number of nitrogens with zero attached hydrogens (tertiary/aromatic N) is 1. The molecule has 3 rings (SSSR count). The van der Waals surface area contributed by atoms with Gasteiger partial charge in [0, 0.05) is 21.6 Å². The van der Waals surface area contributed by atoms with Crippen molar-refractivity contribution in [3.8, 4) is 0 Å². The molecule has 0 unspecified atom stereocenters. The highest BCUT2D eigenvalue weighted by Crippen LogP contribution is 2.20. The van der Waals surface area contributed by atoms with Crippen LogP contribution in [-0.4, -0.2) is 4.57 Å². The highest BCUT2D eigenvalue weighted by Gasteiger charge is 2.06. The first kappa shape index (κ1) is 12.3. The zero-order chi connectivity index (χ0) is 13.4. The molecule has 19 heavy (non-hydrogen) atoms. The van der Waals surface area contributed by atoms with Crippen LogP contribution in [0.1, 0.15) is 5.56 Å². The highest BCUT2D eigenvalue weighted by atomic mass is 35.5. The molecule has 2 heterocycles. The number of hydrogen-bond acceptors (Lipinski definition) is 3. The van der Waals surface area contributed by atoms with Crippen LogP contribution in [0.5, 0.6) is 0 Å². The van der Waals surface area contributed by atoms with Gasteiger partial charge in [0.05, 0.1) is 11.9 Å². The summed E-state index contributed by atoms with van der Waals surface area (Å²) in [5.74, 6) is 0. The van der Waals surface area contributed by atoms with E-state index < -0.39 is 0 Å². The lowest BCUT2D eigenvalue weighted by atomic mass is 10.2. The molecule has 0 bridgehead atoms. The van der Waals surface area contributed by atoms with E-state index in [4.69, 9.17) is 17.3 Å². The molecule has 96 valence electrons. The van der Waals surface area contributed by atoms with E-state index >= 15 is 0 Å². The third kappa shape index (κ3) is 2.25. The Bertz CT molecular complexity index is 807. The van der Waals surface area contributed by atoms with E-state index in [2.05, 4.69) is 0 Å². The number of halogens is 1. The van der Waals surface area contributed by atoms with Crippen molar-refractivity contribution in [1.82, 2.24) is 4.57 Å². The summed E-state index contributed by atoms with van der Waals surface area (Å²) in [7, 11) is 0. The summed E-state index contributed by atoms with van der Waals surface area (Å²) in [4.78, 5) is 12.3. The summed E-state index contributed by atoms with van der Waals surface area (Å²) < 4.78 is 2.65. The van der Waals surface area contributed by atoms with Crippen molar-refractivity contribution < 1.29 is 0 Å². The Labute approximate surface area is 118 Å². The first-order valence-corrected chi connectivity index (χ1v) is 7.01. The smallest absolute Gasteiger partial charge is 0.259 e. The van der Waals surface area contributed by atoms with Crippen molar-refractivity contribution in [3.05, 3.63) is 62.8 Å². The van der Waals surface area contributed by atoms with Gasteiger partial charge in [-0.25, -0.2) is 0 Å². The van der Waals surface area contributed by atoms with E-state index in [9.17, 15) is 4.79 Å². The van der Waals surface area contributed by atoms with Crippen LogP contribution in [-0.2, 0) is 6.54 Å². The van der Waals surface area contributed by atoms with Crippen molar-refractivity contribution >= 4 is 38.7 Å². The monoisotopic (exact) mass is 290 g/mol. The predicted molar refractivity (Wildman–Crippen MR) is 81.1 cm³/mol. The van der Waals surface area contributed by atoms with Gasteiger partial charge in [0.2, 0.25) is 0 Å². The Hall–Kier alpha value is -1.78. The molecule has 0 aliphatic rings. The summed E-state index contributed by atoms with van der Waals surface area (Å²) >= 11 is 7.52. The van der Waals surface area contributed by atoms with Crippen LogP contribution >= 0.6 is 22.9 Å². The summed E-state index contributed by atoms with van der Waals surface area (Å²) in [5.41, 5.74) is 7.40. The normalized spacial score (nSPS) is 11.0. The molecular weight excluding hydrogens is 280 g/mol. The topological polar surface area (TPSA) is 48.0 Å². The molecule has 0 radical (unpaired) electrons. The largest absolute Gasteiger partial charge is 0.398 e. The van der Waals surface area contributed by atoms with Gasteiger partial charge in [0.15, 0.2) is 0 Å². The number of aromatic nitrogens is 1. The number of anilines is 1. The lowest BCUT2D eigenvalue weighted by Gasteiger charge is -2.09. The highest BCUT2D eigenvalue weighted by molar-refractivity contribution is 7.17. The van der Waals surface area contributed by atoms with Crippen LogP contribution in [0.4, 0.5) is 5.69 Å². The number of thiophene rings is 1. The molecular formula is C14H11ClN2OS. The van der Waals surface area contributed by atoms with Gasteiger partial charge in [0.25, 0.3) is 5.56 Å². The zero-order valence-corrected chi connectivity index (χ0v) is 11.5. The van der Waals surface area contributed by atoms with Crippen molar-refractivity contribution in [2.45, 2.75) is 6.54 Å². The fraction of sp³-hybridized carbons (Fsp3) is 0.0714. The third-order valence-electron chi connectivity index (χ3n) is 3.04. The quantitative estimate of drug-likeness (QED) is 0.736. The molecule has 0 aliphatic carbocycles. The van der Waals surface area contributed by atoms with Crippen molar-refractivity contribution in [1.29, 1.82) is 0 Å². The Morgan fingerprint density at radius 3 is 2.95 bits per heavy atom. The molecule has 0 atom stereocenters. The standard InChI is InChI=1S/C14H11ClN2OS/c15-10-1-2-12(16)9(7-10)8-17-5-3-13-11(14(17)18)4-6-19-13/h1-7H,8,16H2. The van der Waals surface area contributed by atoms with Gasteiger partial charge in [-0.1, -0.05) is 11.6 Å². The molecule has 0 amide bonds. The maximum Gasteiger partial charge on any atom is 0.259 e. The van der Waals surface area contributed by atoms with Crippen LogP contribution in [0.3, 0.4) is 0 Å². The number of pyridine rings is 1. The molecule has 1 aromatic carbocycles. The van der Waals surface area contributed by atoms with Crippen LogP contribution in [0.25, 0.3) is 10.1 Å². The van der Waals surface area contributed by atoms with E-state index in [1.54, 1.807) is 40.3 Å². The molecule has 0 spiro atoms. The van der Waals surface area contributed by atoms with Crippen LogP contribution in [0.2, 0.25) is 5.02 Å². The summed E-state index contributed by atoms with van der Waals surface area (Å²) in [6, 6.07) is 9.08. The second-order valence-electron chi connectivity index (χ2n) is 4.29. The summed E-state index contributed by atoms with van der Waals surface area (Å²) in [5, 5.41) is 3.28. The molecule has 3 aromatic rings. The average molecular weight is 291 g/mol. The van der Waals surface area contributed by atoms with Gasteiger partial charge >= 0.3 is 0 Å². The summed E-state index contributed by atoms with van der Waals surface area (Å²) in [6.07, 6.45) is 1.79. The minimum atomic E-state index is -0.00174. The van der Waals surface area contributed by atoms with E-state index in [1.165, 1.54) is 0 Å². The van der Waals surface area contributed by atoms with Crippen LogP contribution in [0, 0.1) is 0 Å². The first-order chi connectivity index (χ1) is 9.15. The van der Waals surface area contributed by atoms with Gasteiger partial charge in [-0.15, -0.1) is 11.3 Å². The number of nitrogens with two attached hydrogens (primary N) is 1. The number of benzene rings is 1. The third-order valence-corrected chi connectivity index (χ3v) is 4.16. The SMILES string of the molecule is Nc1ccc(Cl)cc1Cn1ccc2sccc2c1=O. The Kier molecular flexibility index (Phi) is 3.05. The van der Waals surface area contributed by atoms with E-state index in [0.29, 0.717) is 17.3 Å². The zero-order valence-electron chi connectivity index (χ0n) is 9.97. The molecule has 3 nitrogen and oxygen atoms in total. The Balaban J connectivity index is 2.08. The minimum Gasteiger partial charge on any atom is -0.398 e. The molecule has 0 aliphatic heterocycles. The Morgan fingerprint density at radius 2 is 2.11 bits per heavy atom. The number of rotatable bonds is 2. The molecule has 0 saturated heterocycles. The van der Waals surface area contributed by atoms with Gasteiger partial charge < -0.3 is 10.3 Å². The van der Waals surface area contributed by atoms with Gasteiger partial charge in [-0.05, 0) is 41.3 Å². The summed E-state index contributed by atoms with van der Waals surface area (Å²) in [6.45, 7) is 0.428. The van der Waals surface area contributed by atoms with Crippen molar-refractivity contribution in [2.24, 2.45) is 0 Å². The number of hydrogen-bond donors (Lipinski definition) is 1. The van der Waals surface area contributed by atoms with E-state index in [0.717, 1.165) is 15.6 Å². The van der Waals surface area contributed by atoms with Crippen LogP contribution in [0.15, 0.2) is 46.7 Å². The van der Waals surface area contributed by atoms with Crippen molar-refractivity contribution in [3.63, 3.8) is 0 Å². The number of nitrogen functional groups attached to an aromatic ring is 1. The molecule has 5 heteroatoms. The first-order valence-electron chi connectivity index (χ1n) is 5.76. The lowest BCUT2D eigenvalue weighted by molar-refractivity contribution is 0.770. The fourth-order valence-corrected chi connectivity index (χ4v) is 2.99. The predicted octanol–water partition coefficient (Wildman–Crippen LogP) is 3.35. The van der Waals surface area contributed by atoms with E-state index in [1.807, 2.05) is 17.5 Å². The fourth-order valence-electron chi connectivity index (χ4n) is 2.03. The van der Waals surface area contributed by atoms with Crippen LogP contribution < -0.4 is 11.3 Å². The Morgan fingerprint density at radius 1 is 1.26 bits per heavy atom. The maximum atomic E-state index is 12.3. The van der Waals surface area contributed by atoms with E-state index in [-0.39, 0.29) is 5.56 Å². The lowest BCUT2D eigenvalue weighted by Crippen LogP contribution is -2.19. The average Bonchev–Trinajstić information content (AvgIpc) is 2.86. The molecule has 0 fully saturated rings. The molecule has 2 aromatic heterocycles. The van der Waals surface area contributed by atoms with Gasteiger partial charge in [-0.3, -0.25) is 4.79 Å².